The van der Waals surface area contributed by atoms with E-state index in [1.807, 2.05) is 13.1 Å². The van der Waals surface area contributed by atoms with Crippen molar-refractivity contribution < 1.29 is 8.78 Å². The maximum absolute atomic E-state index is 14.3. The van der Waals surface area contributed by atoms with E-state index in [1.165, 1.54) is 22.9 Å². The average Bonchev–Trinajstić information content (AvgIpc) is 2.98. The van der Waals surface area contributed by atoms with E-state index in [-0.39, 0.29) is 11.2 Å². The molecule has 4 nitrogen and oxygen atoms in total. The van der Waals surface area contributed by atoms with E-state index in [9.17, 15) is 8.78 Å². The summed E-state index contributed by atoms with van der Waals surface area (Å²) in [5.41, 5.74) is 4.84. The molecule has 1 aromatic carbocycles. The molecule has 7 heteroatoms. The first-order valence-corrected chi connectivity index (χ1v) is 7.83. The second-order valence-electron chi connectivity index (χ2n) is 4.81. The molecule has 2 aromatic rings. The Morgan fingerprint density at radius 2 is 2.26 bits per heavy atom. The summed E-state index contributed by atoms with van der Waals surface area (Å²) >= 11 is 1.19. The van der Waals surface area contributed by atoms with Gasteiger partial charge in [0.2, 0.25) is 0 Å². The van der Waals surface area contributed by atoms with Crippen LogP contribution in [0.15, 0.2) is 48.8 Å². The van der Waals surface area contributed by atoms with Crippen LogP contribution in [0.3, 0.4) is 0 Å². The minimum Gasteiger partial charge on any atom is -0.351 e. The first kappa shape index (κ1) is 17.1. The molecule has 0 spiro atoms. The minimum atomic E-state index is -0.715. The van der Waals surface area contributed by atoms with Crippen LogP contribution in [0.2, 0.25) is 0 Å². The number of fused-ring (bicyclic) bond motifs is 1. The molecule has 122 valence electrons. The molecule has 2 N–H and O–H groups in total. The van der Waals surface area contributed by atoms with Gasteiger partial charge in [-0.05, 0) is 18.6 Å². The summed E-state index contributed by atoms with van der Waals surface area (Å²) in [7, 11) is 1.81. The van der Waals surface area contributed by atoms with Crippen LogP contribution in [0.4, 0.5) is 14.5 Å². The van der Waals surface area contributed by atoms with Gasteiger partial charge < -0.3 is 10.3 Å². The lowest BCUT2D eigenvalue weighted by molar-refractivity contribution is 0.331. The van der Waals surface area contributed by atoms with Gasteiger partial charge in [-0.2, -0.15) is 0 Å². The molecule has 1 aromatic heterocycles. The van der Waals surface area contributed by atoms with Crippen molar-refractivity contribution in [2.24, 2.45) is 0 Å². The summed E-state index contributed by atoms with van der Waals surface area (Å²) in [6.07, 6.45) is 5.97. The summed E-state index contributed by atoms with van der Waals surface area (Å²) in [4.78, 5) is 3.91. The molecule has 2 rings (SSSR count). The van der Waals surface area contributed by atoms with E-state index in [1.54, 1.807) is 17.3 Å². The van der Waals surface area contributed by atoms with Crippen molar-refractivity contribution in [3.8, 4) is 0 Å². The number of thiazole rings is 1. The zero-order chi connectivity index (χ0) is 16.8. The number of benzene rings is 1. The molecular formula is C16H18F2N4S. The third-order valence-corrected chi connectivity index (χ3v) is 3.79. The Balaban J connectivity index is 2.04. The molecule has 0 aliphatic heterocycles. The van der Waals surface area contributed by atoms with Crippen molar-refractivity contribution in [3.05, 3.63) is 60.4 Å². The van der Waals surface area contributed by atoms with Gasteiger partial charge >= 0.3 is 0 Å². The van der Waals surface area contributed by atoms with Crippen LogP contribution in [0, 0.1) is 11.6 Å². The van der Waals surface area contributed by atoms with E-state index in [2.05, 4.69) is 28.9 Å². The molecule has 0 saturated carbocycles. The zero-order valence-corrected chi connectivity index (χ0v) is 13.6. The normalized spacial score (nSPS) is 11.1. The maximum atomic E-state index is 14.3. The van der Waals surface area contributed by atoms with Crippen LogP contribution in [0.1, 0.15) is 6.42 Å². The molecule has 0 unspecified atom stereocenters. The molecule has 1 heterocycles. The summed E-state index contributed by atoms with van der Waals surface area (Å²) < 4.78 is 28.7. The van der Waals surface area contributed by atoms with Gasteiger partial charge in [-0.1, -0.05) is 12.7 Å². The number of nitrogens with one attached hydrogen (secondary N) is 2. The number of rotatable bonds is 8. The molecule has 0 fully saturated rings. The number of hydrogen-bond acceptors (Lipinski definition) is 5. The van der Waals surface area contributed by atoms with Gasteiger partial charge in [0.25, 0.3) is 0 Å². The van der Waals surface area contributed by atoms with Crippen molar-refractivity contribution >= 4 is 27.2 Å². The highest BCUT2D eigenvalue weighted by Gasteiger charge is 2.15. The predicted octanol–water partition coefficient (Wildman–Crippen LogP) is 4.03. The lowest BCUT2D eigenvalue weighted by Crippen LogP contribution is -2.30. The van der Waals surface area contributed by atoms with Crippen LogP contribution < -0.4 is 10.7 Å². The molecular weight excluding hydrogens is 318 g/mol. The Kier molecular flexibility index (Phi) is 5.84. The fourth-order valence-corrected chi connectivity index (χ4v) is 2.54. The number of aromatic nitrogens is 1. The van der Waals surface area contributed by atoms with Crippen molar-refractivity contribution in [1.82, 2.24) is 15.4 Å². The molecule has 0 bridgehead atoms. The third-order valence-electron chi connectivity index (χ3n) is 3.01. The second kappa shape index (κ2) is 7.85. The largest absolute Gasteiger partial charge is 0.351 e. The summed E-state index contributed by atoms with van der Waals surface area (Å²) in [5.74, 6) is -1.39. The van der Waals surface area contributed by atoms with E-state index >= 15 is 0 Å². The highest BCUT2D eigenvalue weighted by atomic mass is 32.1. The lowest BCUT2D eigenvalue weighted by Gasteiger charge is -2.15. The van der Waals surface area contributed by atoms with Gasteiger partial charge in [0.1, 0.15) is 11.2 Å². The Morgan fingerprint density at radius 1 is 1.48 bits per heavy atom. The number of hydrazine groups is 1. The van der Waals surface area contributed by atoms with Crippen molar-refractivity contribution in [3.63, 3.8) is 0 Å². The maximum Gasteiger partial charge on any atom is 0.176 e. The van der Waals surface area contributed by atoms with Crippen LogP contribution >= 0.6 is 11.3 Å². The van der Waals surface area contributed by atoms with Crippen LogP contribution in [-0.4, -0.2) is 23.6 Å². The van der Waals surface area contributed by atoms with E-state index in [0.29, 0.717) is 10.4 Å². The Labute approximate surface area is 137 Å². The van der Waals surface area contributed by atoms with E-state index in [0.717, 1.165) is 13.0 Å². The Hall–Kier alpha value is -2.25. The standard InChI is InChI=1S/C16H18F2N4S/c1-4-5-7-20-22(3)8-6-11(2)21-15-12(17)9-13-16(14(15)18)19-10-23-13/h4,6,8-10,20-21H,1-2,5,7H2,3H3/b8-6-. The van der Waals surface area contributed by atoms with Crippen molar-refractivity contribution in [1.29, 1.82) is 0 Å². The molecule has 0 atom stereocenters. The topological polar surface area (TPSA) is 40.2 Å². The first-order valence-electron chi connectivity index (χ1n) is 6.95. The zero-order valence-electron chi connectivity index (χ0n) is 12.8. The Bertz CT molecular complexity index is 739. The van der Waals surface area contributed by atoms with Gasteiger partial charge in [0, 0.05) is 25.5 Å². The Morgan fingerprint density at radius 3 is 3.00 bits per heavy atom. The predicted molar refractivity (Wildman–Crippen MR) is 92.0 cm³/mol. The van der Waals surface area contributed by atoms with E-state index < -0.39 is 11.6 Å². The van der Waals surface area contributed by atoms with Crippen LogP contribution in [-0.2, 0) is 0 Å². The second-order valence-corrected chi connectivity index (χ2v) is 5.70. The summed E-state index contributed by atoms with van der Waals surface area (Å²) in [6, 6.07) is 1.26. The van der Waals surface area contributed by atoms with E-state index in [4.69, 9.17) is 0 Å². The van der Waals surface area contributed by atoms with Gasteiger partial charge in [-0.3, -0.25) is 0 Å². The first-order chi connectivity index (χ1) is 11.0. The fraction of sp³-hybridized carbons (Fsp3) is 0.188. The molecule has 0 aliphatic carbocycles. The monoisotopic (exact) mass is 336 g/mol. The number of allylic oxidation sites excluding steroid dienone is 1. The smallest absolute Gasteiger partial charge is 0.176 e. The summed E-state index contributed by atoms with van der Waals surface area (Å²) in [5, 5.41) is 4.37. The van der Waals surface area contributed by atoms with Gasteiger partial charge in [0.15, 0.2) is 11.6 Å². The highest BCUT2D eigenvalue weighted by molar-refractivity contribution is 7.16. The lowest BCUT2D eigenvalue weighted by atomic mass is 10.2. The number of nitrogens with zero attached hydrogens (tertiary/aromatic N) is 2. The molecule has 0 aliphatic rings. The number of halogens is 2. The van der Waals surface area contributed by atoms with Gasteiger partial charge in [-0.15, -0.1) is 17.9 Å². The minimum absolute atomic E-state index is 0.152. The van der Waals surface area contributed by atoms with Gasteiger partial charge in [-0.25, -0.2) is 19.2 Å². The van der Waals surface area contributed by atoms with Crippen molar-refractivity contribution in [2.45, 2.75) is 6.42 Å². The number of anilines is 1. The third kappa shape index (κ3) is 4.37. The van der Waals surface area contributed by atoms with Gasteiger partial charge in [0.05, 0.1) is 10.2 Å². The molecule has 23 heavy (non-hydrogen) atoms. The van der Waals surface area contributed by atoms with Crippen molar-refractivity contribution in [2.75, 3.05) is 18.9 Å². The molecule has 0 radical (unpaired) electrons. The number of hydrogen-bond donors (Lipinski definition) is 2. The summed E-state index contributed by atoms with van der Waals surface area (Å²) in [6.45, 7) is 8.13. The van der Waals surface area contributed by atoms with Crippen LogP contribution in [0.25, 0.3) is 10.2 Å². The fourth-order valence-electron chi connectivity index (χ4n) is 1.85. The highest BCUT2D eigenvalue weighted by Crippen LogP contribution is 2.30. The molecule has 0 saturated heterocycles. The average molecular weight is 336 g/mol. The SMILES string of the molecule is C=CCCNN(C)/C=C\C(=C)Nc1c(F)cc2scnc2c1F. The van der Waals surface area contributed by atoms with Crippen LogP contribution in [0.5, 0.6) is 0 Å². The molecule has 0 amide bonds. The quantitative estimate of drug-likeness (QED) is 0.330.